The number of aldehydes is 2. The summed E-state index contributed by atoms with van der Waals surface area (Å²) < 4.78 is 0. The molecule has 0 spiro atoms. The van der Waals surface area contributed by atoms with Crippen molar-refractivity contribution >= 4 is 46.6 Å². The van der Waals surface area contributed by atoms with E-state index in [0.29, 0.717) is 10.4 Å². The summed E-state index contributed by atoms with van der Waals surface area (Å²) in [6.07, 6.45) is 1.55. The van der Waals surface area contributed by atoms with Crippen LogP contribution in [-0.4, -0.2) is 12.6 Å². The highest BCUT2D eigenvalue weighted by Gasteiger charge is 2.21. The van der Waals surface area contributed by atoms with Crippen LogP contribution in [0.15, 0.2) is 35.0 Å². The molecule has 0 fully saturated rings. The summed E-state index contributed by atoms with van der Waals surface area (Å²) in [5.74, 6) is 0. The predicted octanol–water partition coefficient (Wildman–Crippen LogP) is 4.83. The van der Waals surface area contributed by atoms with Gasteiger partial charge in [-0.25, -0.2) is 0 Å². The van der Waals surface area contributed by atoms with Crippen LogP contribution in [0.3, 0.4) is 0 Å². The monoisotopic (exact) mass is 304 g/mol. The standard InChI is InChI=1S/C14H8O2S3/c15-7-9-12(8-16)19-14(11-4-2-6-18-11)13(9)10-3-1-5-17-10/h1-8H. The second-order valence-electron chi connectivity index (χ2n) is 3.77. The van der Waals surface area contributed by atoms with Crippen LogP contribution < -0.4 is 0 Å². The zero-order chi connectivity index (χ0) is 13.2. The molecule has 19 heavy (non-hydrogen) atoms. The Morgan fingerprint density at radius 1 is 0.895 bits per heavy atom. The second kappa shape index (κ2) is 5.21. The lowest BCUT2D eigenvalue weighted by atomic mass is 10.1. The van der Waals surface area contributed by atoms with E-state index in [0.717, 1.165) is 32.8 Å². The van der Waals surface area contributed by atoms with Gasteiger partial charge in [-0.15, -0.1) is 34.0 Å². The van der Waals surface area contributed by atoms with Gasteiger partial charge in [0.05, 0.1) is 9.75 Å². The molecule has 0 bridgehead atoms. The van der Waals surface area contributed by atoms with Crippen LogP contribution in [0.25, 0.3) is 20.2 Å². The maximum atomic E-state index is 11.3. The quantitative estimate of drug-likeness (QED) is 0.647. The highest BCUT2D eigenvalue weighted by atomic mass is 32.1. The van der Waals surface area contributed by atoms with Crippen molar-refractivity contribution in [1.29, 1.82) is 0 Å². The molecule has 0 aromatic carbocycles. The molecule has 0 aliphatic heterocycles. The Morgan fingerprint density at radius 2 is 1.58 bits per heavy atom. The molecule has 0 saturated carbocycles. The fourth-order valence-electron chi connectivity index (χ4n) is 1.91. The first-order chi connectivity index (χ1) is 9.35. The fraction of sp³-hybridized carbons (Fsp3) is 0. The number of carbonyl (C=O) groups excluding carboxylic acids is 2. The normalized spacial score (nSPS) is 10.5. The minimum atomic E-state index is 0.502. The first-order valence-electron chi connectivity index (χ1n) is 5.50. The van der Waals surface area contributed by atoms with Crippen molar-refractivity contribution in [3.05, 3.63) is 45.5 Å². The van der Waals surface area contributed by atoms with E-state index in [1.54, 1.807) is 22.7 Å². The van der Waals surface area contributed by atoms with Gasteiger partial charge in [-0.05, 0) is 22.9 Å². The third-order valence-corrected chi connectivity index (χ3v) is 5.78. The Labute approximate surface area is 122 Å². The molecule has 3 aromatic heterocycles. The fourth-order valence-corrected chi connectivity index (χ4v) is 4.73. The Bertz CT molecular complexity index is 706. The zero-order valence-corrected chi connectivity index (χ0v) is 12.1. The molecule has 3 rings (SSSR count). The third-order valence-electron chi connectivity index (χ3n) is 2.71. The van der Waals surface area contributed by atoms with Crippen LogP contribution >= 0.6 is 34.0 Å². The van der Waals surface area contributed by atoms with Crippen molar-refractivity contribution in [2.75, 3.05) is 0 Å². The Kier molecular flexibility index (Phi) is 3.42. The van der Waals surface area contributed by atoms with Crippen molar-refractivity contribution in [3.8, 4) is 20.2 Å². The number of thiophene rings is 3. The number of carbonyl (C=O) groups is 2. The summed E-state index contributed by atoms with van der Waals surface area (Å²) >= 11 is 4.58. The van der Waals surface area contributed by atoms with Gasteiger partial charge in [0.2, 0.25) is 0 Å². The lowest BCUT2D eigenvalue weighted by Gasteiger charge is -2.00. The Morgan fingerprint density at radius 3 is 2.11 bits per heavy atom. The molecular weight excluding hydrogens is 296 g/mol. The van der Waals surface area contributed by atoms with E-state index in [1.807, 2.05) is 35.0 Å². The van der Waals surface area contributed by atoms with Gasteiger partial charge in [0.15, 0.2) is 12.6 Å². The number of rotatable bonds is 4. The molecule has 0 atom stereocenters. The molecule has 3 heterocycles. The highest BCUT2D eigenvalue weighted by molar-refractivity contribution is 7.23. The molecule has 0 saturated heterocycles. The zero-order valence-electron chi connectivity index (χ0n) is 9.66. The molecule has 0 amide bonds. The Balaban J connectivity index is 2.32. The van der Waals surface area contributed by atoms with Crippen molar-refractivity contribution < 1.29 is 9.59 Å². The van der Waals surface area contributed by atoms with E-state index in [-0.39, 0.29) is 0 Å². The molecule has 0 radical (unpaired) electrons. The summed E-state index contributed by atoms with van der Waals surface area (Å²) in [7, 11) is 0. The molecule has 0 unspecified atom stereocenters. The Hall–Kier alpha value is -1.56. The van der Waals surface area contributed by atoms with Gasteiger partial charge in [-0.3, -0.25) is 9.59 Å². The molecule has 5 heteroatoms. The van der Waals surface area contributed by atoms with E-state index in [1.165, 1.54) is 11.3 Å². The maximum Gasteiger partial charge on any atom is 0.160 e. The minimum Gasteiger partial charge on any atom is -0.298 e. The van der Waals surface area contributed by atoms with Crippen molar-refractivity contribution in [2.24, 2.45) is 0 Å². The number of hydrogen-bond donors (Lipinski definition) is 0. The molecule has 94 valence electrons. The van der Waals surface area contributed by atoms with E-state index in [9.17, 15) is 9.59 Å². The van der Waals surface area contributed by atoms with Gasteiger partial charge in [0, 0.05) is 20.9 Å². The smallest absolute Gasteiger partial charge is 0.160 e. The second-order valence-corrected chi connectivity index (χ2v) is 6.72. The summed E-state index contributed by atoms with van der Waals surface area (Å²) in [5, 5.41) is 3.97. The molecule has 2 nitrogen and oxygen atoms in total. The topological polar surface area (TPSA) is 34.1 Å². The van der Waals surface area contributed by atoms with Crippen LogP contribution in [0.4, 0.5) is 0 Å². The average Bonchev–Trinajstić information content (AvgIpc) is 3.16. The third kappa shape index (κ3) is 2.10. The minimum absolute atomic E-state index is 0.502. The van der Waals surface area contributed by atoms with Crippen LogP contribution in [0.1, 0.15) is 20.0 Å². The van der Waals surface area contributed by atoms with Gasteiger partial charge < -0.3 is 0 Å². The molecule has 0 N–H and O–H groups in total. The van der Waals surface area contributed by atoms with Crippen molar-refractivity contribution in [3.63, 3.8) is 0 Å². The predicted molar refractivity (Wildman–Crippen MR) is 81.7 cm³/mol. The molecule has 0 aliphatic rings. The van der Waals surface area contributed by atoms with E-state index in [2.05, 4.69) is 0 Å². The van der Waals surface area contributed by atoms with Crippen LogP contribution in [0.2, 0.25) is 0 Å². The largest absolute Gasteiger partial charge is 0.298 e. The summed E-state index contributed by atoms with van der Waals surface area (Å²) in [6, 6.07) is 7.91. The lowest BCUT2D eigenvalue weighted by Crippen LogP contribution is -1.86. The van der Waals surface area contributed by atoms with Crippen LogP contribution in [0.5, 0.6) is 0 Å². The first kappa shape index (κ1) is 12.5. The number of hydrogen-bond acceptors (Lipinski definition) is 5. The first-order valence-corrected chi connectivity index (χ1v) is 8.07. The lowest BCUT2D eigenvalue weighted by molar-refractivity contribution is 0.109. The highest BCUT2D eigenvalue weighted by Crippen LogP contribution is 2.44. The molecular formula is C14H8O2S3. The van der Waals surface area contributed by atoms with E-state index < -0.39 is 0 Å². The van der Waals surface area contributed by atoms with Crippen molar-refractivity contribution in [2.45, 2.75) is 0 Å². The van der Waals surface area contributed by atoms with Crippen molar-refractivity contribution in [1.82, 2.24) is 0 Å². The molecule has 3 aromatic rings. The summed E-state index contributed by atoms with van der Waals surface area (Å²) in [6.45, 7) is 0. The van der Waals surface area contributed by atoms with Gasteiger partial charge in [0.1, 0.15) is 0 Å². The van der Waals surface area contributed by atoms with Gasteiger partial charge >= 0.3 is 0 Å². The molecule has 0 aliphatic carbocycles. The maximum absolute atomic E-state index is 11.3. The van der Waals surface area contributed by atoms with Crippen LogP contribution in [-0.2, 0) is 0 Å². The van der Waals surface area contributed by atoms with Crippen LogP contribution in [0, 0.1) is 0 Å². The average molecular weight is 304 g/mol. The van der Waals surface area contributed by atoms with Gasteiger partial charge in [-0.1, -0.05) is 12.1 Å². The summed E-state index contributed by atoms with van der Waals surface area (Å²) in [4.78, 5) is 26.1. The van der Waals surface area contributed by atoms with Gasteiger partial charge in [0.25, 0.3) is 0 Å². The van der Waals surface area contributed by atoms with E-state index in [4.69, 9.17) is 0 Å². The van der Waals surface area contributed by atoms with Gasteiger partial charge in [-0.2, -0.15) is 0 Å². The summed E-state index contributed by atoms with van der Waals surface area (Å²) in [5.41, 5.74) is 1.39. The van der Waals surface area contributed by atoms with E-state index >= 15 is 0 Å². The SMILES string of the molecule is O=Cc1sc(-c2cccs2)c(-c2cccs2)c1C=O.